The van der Waals surface area contributed by atoms with E-state index in [-0.39, 0.29) is 26.5 Å². The molecule has 3 aromatic heterocycles. The fourth-order valence-electron chi connectivity index (χ4n) is 7.03. The van der Waals surface area contributed by atoms with E-state index < -0.39 is 0 Å². The van der Waals surface area contributed by atoms with Gasteiger partial charge >= 0.3 is 0 Å². The molecule has 0 N–H and O–H groups in total. The first-order valence-corrected chi connectivity index (χ1v) is 16.9. The van der Waals surface area contributed by atoms with Crippen molar-refractivity contribution in [1.82, 2.24) is 14.1 Å². The number of aryl methyl sites for hydroxylation is 2. The van der Waals surface area contributed by atoms with Gasteiger partial charge in [0.1, 0.15) is 5.82 Å². The zero-order valence-corrected chi connectivity index (χ0v) is 31.4. The molecule has 0 radical (unpaired) electrons. The zero-order chi connectivity index (χ0) is 34.1. The van der Waals surface area contributed by atoms with E-state index in [4.69, 9.17) is 9.72 Å². The third-order valence-electron chi connectivity index (χ3n) is 9.70. The van der Waals surface area contributed by atoms with Crippen molar-refractivity contribution < 1.29 is 25.8 Å². The van der Waals surface area contributed by atoms with Gasteiger partial charge in [-0.15, -0.1) is 53.6 Å². The molecule has 5 aromatic carbocycles. The van der Waals surface area contributed by atoms with Crippen LogP contribution in [0.3, 0.4) is 0 Å². The van der Waals surface area contributed by atoms with Crippen LogP contribution in [0.4, 0.5) is 11.4 Å². The van der Waals surface area contributed by atoms with Crippen molar-refractivity contribution in [2.24, 2.45) is 7.05 Å². The molecule has 0 saturated heterocycles. The molecular formula is C44H36N5OPt-3. The summed E-state index contributed by atoms with van der Waals surface area (Å²) in [6.07, 6.45) is 6.11. The van der Waals surface area contributed by atoms with Gasteiger partial charge < -0.3 is 23.7 Å². The average molecular weight is 846 g/mol. The minimum Gasteiger partial charge on any atom is -0.509 e. The van der Waals surface area contributed by atoms with E-state index in [0.717, 1.165) is 55.5 Å². The number of nitrogens with zero attached hydrogens (tertiary/aromatic N) is 5. The van der Waals surface area contributed by atoms with Crippen LogP contribution in [0.1, 0.15) is 31.9 Å². The van der Waals surface area contributed by atoms with Gasteiger partial charge in [0.05, 0.1) is 5.52 Å². The Labute approximate surface area is 312 Å². The molecule has 0 spiro atoms. The summed E-state index contributed by atoms with van der Waals surface area (Å²) in [7, 11) is 2.12. The van der Waals surface area contributed by atoms with Crippen LogP contribution >= 0.6 is 0 Å². The SMILES string of the molecule is Cc1ccc2c(c1)c1cnc(-n3c4[c-]c(Oc5[c-]c(N6C=CN(c7ccccc7)[CH-]6)cc(C(C)(C)C)c5)ccc4c4ccccc43)cc1n2C.[Pt]. The van der Waals surface area contributed by atoms with Crippen LogP contribution < -0.4 is 14.5 Å². The van der Waals surface area contributed by atoms with Gasteiger partial charge in [0, 0.05) is 79.4 Å². The maximum atomic E-state index is 6.63. The minimum atomic E-state index is -0.102. The molecule has 0 amide bonds. The van der Waals surface area contributed by atoms with Gasteiger partial charge in [-0.25, -0.2) is 4.98 Å². The molecule has 4 heterocycles. The molecule has 1 aliphatic heterocycles. The minimum absolute atomic E-state index is 0. The predicted molar refractivity (Wildman–Crippen MR) is 205 cm³/mol. The summed E-state index contributed by atoms with van der Waals surface area (Å²) in [6, 6.07) is 43.1. The van der Waals surface area contributed by atoms with Crippen molar-refractivity contribution in [2.45, 2.75) is 33.1 Å². The number of pyridine rings is 1. The number of aromatic nitrogens is 3. The average Bonchev–Trinajstić information content (AvgIpc) is 3.81. The van der Waals surface area contributed by atoms with Crippen LogP contribution in [-0.2, 0) is 33.5 Å². The Hall–Kier alpha value is -5.32. The molecule has 0 unspecified atom stereocenters. The van der Waals surface area contributed by atoms with Crippen molar-refractivity contribution in [3.63, 3.8) is 0 Å². The third-order valence-corrected chi connectivity index (χ3v) is 9.70. The standard InChI is InChI=1S/C44H36N5O.Pt/c1-29-15-18-39-37(21-29)38-27-45-43(26-41(38)46(39)5)49-40-14-10-9-13-35(40)36-17-16-33(25-42(36)49)50-34-23-30(44(2,3)4)22-32(24-34)48-20-19-47(28-48)31-11-7-6-8-12-31;/h6-23,26-28H,1-5H3;/q-3;. The van der Waals surface area contributed by atoms with Gasteiger partial charge in [0.2, 0.25) is 0 Å². The maximum absolute atomic E-state index is 6.63. The van der Waals surface area contributed by atoms with E-state index in [9.17, 15) is 0 Å². The molecule has 8 aromatic rings. The second-order valence-electron chi connectivity index (χ2n) is 14.1. The molecule has 9 rings (SSSR count). The Morgan fingerprint density at radius 3 is 2.29 bits per heavy atom. The number of para-hydroxylation sites is 2. The number of anilines is 2. The summed E-state index contributed by atoms with van der Waals surface area (Å²) >= 11 is 0. The maximum Gasteiger partial charge on any atom is 0.137 e. The van der Waals surface area contributed by atoms with E-state index in [1.807, 2.05) is 36.7 Å². The molecule has 1 aliphatic rings. The predicted octanol–water partition coefficient (Wildman–Crippen LogP) is 10.7. The molecule has 6 nitrogen and oxygen atoms in total. The molecule has 7 heteroatoms. The summed E-state index contributed by atoms with van der Waals surface area (Å²) in [6.45, 7) is 10.8. The number of hydrogen-bond acceptors (Lipinski definition) is 4. The Morgan fingerprint density at radius 1 is 0.686 bits per heavy atom. The third kappa shape index (κ3) is 5.68. The number of rotatable bonds is 5. The quantitative estimate of drug-likeness (QED) is 0.162. The van der Waals surface area contributed by atoms with Crippen LogP contribution in [0, 0.1) is 25.7 Å². The van der Waals surface area contributed by atoms with Crippen molar-refractivity contribution in [2.75, 3.05) is 9.80 Å². The van der Waals surface area contributed by atoms with Gasteiger partial charge in [-0.1, -0.05) is 74.3 Å². The van der Waals surface area contributed by atoms with Crippen LogP contribution in [0.2, 0.25) is 0 Å². The summed E-state index contributed by atoms with van der Waals surface area (Å²) < 4.78 is 11.1. The smallest absolute Gasteiger partial charge is 0.137 e. The number of ether oxygens (including phenoxy) is 1. The van der Waals surface area contributed by atoms with Gasteiger partial charge in [-0.3, -0.25) is 0 Å². The van der Waals surface area contributed by atoms with Crippen LogP contribution in [0.5, 0.6) is 11.5 Å². The zero-order valence-electron chi connectivity index (χ0n) is 29.1. The second kappa shape index (κ2) is 12.5. The molecule has 256 valence electrons. The van der Waals surface area contributed by atoms with E-state index >= 15 is 0 Å². The van der Waals surface area contributed by atoms with E-state index in [1.165, 1.54) is 16.5 Å². The van der Waals surface area contributed by atoms with Gasteiger partial charge in [-0.2, -0.15) is 6.07 Å². The Bertz CT molecular complexity index is 2630. The fourth-order valence-corrected chi connectivity index (χ4v) is 7.03. The molecule has 0 bridgehead atoms. The van der Waals surface area contributed by atoms with E-state index in [2.05, 4.69) is 158 Å². The summed E-state index contributed by atoms with van der Waals surface area (Å²) in [5.41, 5.74) is 8.59. The summed E-state index contributed by atoms with van der Waals surface area (Å²) in [5, 5.41) is 4.59. The van der Waals surface area contributed by atoms with Crippen LogP contribution in [0.15, 0.2) is 122 Å². The Morgan fingerprint density at radius 2 is 1.47 bits per heavy atom. The molecule has 51 heavy (non-hydrogen) atoms. The van der Waals surface area contributed by atoms with E-state index in [0.29, 0.717) is 11.5 Å². The number of fused-ring (bicyclic) bond motifs is 6. The summed E-state index contributed by atoms with van der Waals surface area (Å²) in [5.74, 6) is 2.08. The number of benzene rings is 5. The molecule has 0 fully saturated rings. The molecular weight excluding hydrogens is 810 g/mol. The molecule has 0 saturated carbocycles. The van der Waals surface area contributed by atoms with Crippen LogP contribution in [0.25, 0.3) is 49.4 Å². The first-order valence-electron chi connectivity index (χ1n) is 16.9. The van der Waals surface area contributed by atoms with Gasteiger partial charge in [-0.05, 0) is 60.5 Å². The number of hydrogen-bond donors (Lipinski definition) is 0. The Kier molecular flexibility index (Phi) is 8.03. The summed E-state index contributed by atoms with van der Waals surface area (Å²) in [4.78, 5) is 9.22. The normalized spacial score (nSPS) is 13.2. The van der Waals surface area contributed by atoms with Crippen molar-refractivity contribution in [1.29, 1.82) is 0 Å². The topological polar surface area (TPSA) is 38.5 Å². The van der Waals surface area contributed by atoms with Crippen molar-refractivity contribution in [3.05, 3.63) is 152 Å². The van der Waals surface area contributed by atoms with Gasteiger partial charge in [0.15, 0.2) is 0 Å². The monoisotopic (exact) mass is 845 g/mol. The van der Waals surface area contributed by atoms with Crippen molar-refractivity contribution in [3.8, 4) is 17.3 Å². The first-order chi connectivity index (χ1) is 24.2. The second-order valence-corrected chi connectivity index (χ2v) is 14.1. The van der Waals surface area contributed by atoms with E-state index in [1.54, 1.807) is 0 Å². The van der Waals surface area contributed by atoms with Gasteiger partial charge in [0.25, 0.3) is 0 Å². The van der Waals surface area contributed by atoms with Crippen molar-refractivity contribution >= 4 is 55.0 Å². The fraction of sp³-hybridized carbons (Fsp3) is 0.136. The molecule has 0 atom stereocenters. The first kappa shape index (κ1) is 32.9. The van der Waals surface area contributed by atoms with Crippen LogP contribution in [-0.4, -0.2) is 14.1 Å². The Balaban J connectivity index is 0.00000374. The largest absolute Gasteiger partial charge is 0.509 e. The molecule has 0 aliphatic carbocycles.